The zero-order chi connectivity index (χ0) is 20.1. The number of aromatic nitrogens is 5. The molecule has 0 aliphatic carbocycles. The number of nitrogen functional groups attached to an aromatic ring is 1. The van der Waals surface area contributed by atoms with Crippen LogP contribution in [-0.2, 0) is 0 Å². The lowest BCUT2D eigenvalue weighted by molar-refractivity contribution is 0.0946. The van der Waals surface area contributed by atoms with E-state index in [0.29, 0.717) is 5.69 Å². The van der Waals surface area contributed by atoms with Crippen molar-refractivity contribution in [1.29, 1.82) is 0 Å². The minimum Gasteiger partial charge on any atom is -0.378 e. The molecule has 0 spiro atoms. The molecular formula is C17H19N9O2. The summed E-state index contributed by atoms with van der Waals surface area (Å²) in [6.45, 7) is 1.63. The fraction of sp³-hybridized carbons (Fsp3) is 0.176. The van der Waals surface area contributed by atoms with E-state index in [1.165, 1.54) is 6.21 Å². The van der Waals surface area contributed by atoms with Gasteiger partial charge >= 0.3 is 0 Å². The number of hydrogen-bond donors (Lipinski definition) is 2. The number of carbonyl (C=O) groups is 1. The maximum Gasteiger partial charge on any atom is 0.292 e. The Labute approximate surface area is 160 Å². The first kappa shape index (κ1) is 18.8. The van der Waals surface area contributed by atoms with Gasteiger partial charge in [-0.1, -0.05) is 23.4 Å². The second kappa shape index (κ2) is 8.12. The van der Waals surface area contributed by atoms with E-state index in [1.54, 1.807) is 13.0 Å². The highest BCUT2D eigenvalue weighted by Crippen LogP contribution is 2.15. The van der Waals surface area contributed by atoms with Gasteiger partial charge < -0.3 is 10.6 Å². The number of aryl methyl sites for hydroxylation is 1. The Hall–Kier alpha value is -4.02. The van der Waals surface area contributed by atoms with Crippen LogP contribution in [0.4, 0.5) is 11.5 Å². The van der Waals surface area contributed by atoms with E-state index < -0.39 is 5.91 Å². The first-order valence-electron chi connectivity index (χ1n) is 8.25. The third-order valence-electron chi connectivity index (χ3n) is 3.77. The van der Waals surface area contributed by atoms with Gasteiger partial charge in [0.1, 0.15) is 0 Å². The van der Waals surface area contributed by atoms with E-state index in [9.17, 15) is 4.79 Å². The molecular weight excluding hydrogens is 362 g/mol. The molecule has 144 valence electrons. The van der Waals surface area contributed by atoms with Crippen molar-refractivity contribution in [2.24, 2.45) is 5.10 Å². The Balaban J connectivity index is 1.65. The molecule has 11 nitrogen and oxygen atoms in total. The molecule has 0 saturated carbocycles. The van der Waals surface area contributed by atoms with Crippen LogP contribution in [0.5, 0.6) is 0 Å². The predicted molar refractivity (Wildman–Crippen MR) is 104 cm³/mol. The third kappa shape index (κ3) is 4.03. The second-order valence-electron chi connectivity index (χ2n) is 5.97. The van der Waals surface area contributed by atoms with Gasteiger partial charge in [0.15, 0.2) is 5.69 Å². The highest BCUT2D eigenvalue weighted by molar-refractivity contribution is 5.94. The summed E-state index contributed by atoms with van der Waals surface area (Å²) < 4.78 is 5.68. The van der Waals surface area contributed by atoms with Crippen LogP contribution in [0.1, 0.15) is 21.7 Å². The van der Waals surface area contributed by atoms with Gasteiger partial charge in [-0.05, 0) is 41.0 Å². The standard InChI is InChI=1S/C17H19N9O2/c1-11-14(26(24-20-11)16-15(18)22-28-23-16)17(27)21-19-10-4-5-12-6-8-13(9-7-12)25(2)3/h4-10H,1-3H3,(H2,18,22)(H,21,27)/b5-4-,19-10-. The van der Waals surface area contributed by atoms with Crippen molar-refractivity contribution in [2.75, 3.05) is 24.7 Å². The average molecular weight is 381 g/mol. The Morgan fingerprint density at radius 1 is 1.29 bits per heavy atom. The van der Waals surface area contributed by atoms with Crippen molar-refractivity contribution >= 4 is 29.7 Å². The molecule has 0 aliphatic rings. The first-order chi connectivity index (χ1) is 13.5. The third-order valence-corrected chi connectivity index (χ3v) is 3.77. The molecule has 0 bridgehead atoms. The zero-order valence-corrected chi connectivity index (χ0v) is 15.6. The van der Waals surface area contributed by atoms with E-state index in [0.717, 1.165) is 15.9 Å². The number of hydrogen-bond acceptors (Lipinski definition) is 9. The lowest BCUT2D eigenvalue weighted by atomic mass is 10.2. The lowest BCUT2D eigenvalue weighted by Gasteiger charge is -2.11. The maximum absolute atomic E-state index is 12.4. The Morgan fingerprint density at radius 2 is 2.04 bits per heavy atom. The van der Waals surface area contributed by atoms with Crippen LogP contribution in [0.15, 0.2) is 40.1 Å². The minimum atomic E-state index is -0.523. The van der Waals surface area contributed by atoms with Crippen LogP contribution in [0.3, 0.4) is 0 Å². The predicted octanol–water partition coefficient (Wildman–Crippen LogP) is 1.04. The maximum atomic E-state index is 12.4. The van der Waals surface area contributed by atoms with Gasteiger partial charge in [0.2, 0.25) is 11.6 Å². The molecule has 3 aromatic rings. The van der Waals surface area contributed by atoms with Crippen LogP contribution in [0.2, 0.25) is 0 Å². The van der Waals surface area contributed by atoms with Gasteiger partial charge in [0.05, 0.1) is 5.69 Å². The molecule has 0 aliphatic heterocycles. The van der Waals surface area contributed by atoms with E-state index in [-0.39, 0.29) is 17.3 Å². The molecule has 0 fully saturated rings. The number of nitrogens with zero attached hydrogens (tertiary/aromatic N) is 7. The monoisotopic (exact) mass is 381 g/mol. The fourth-order valence-corrected chi connectivity index (χ4v) is 2.33. The molecule has 28 heavy (non-hydrogen) atoms. The van der Waals surface area contributed by atoms with Gasteiger partial charge in [-0.15, -0.1) is 5.10 Å². The number of amides is 1. The van der Waals surface area contributed by atoms with Crippen molar-refractivity contribution in [1.82, 2.24) is 30.7 Å². The Bertz CT molecular complexity index is 1020. The number of hydrazone groups is 1. The zero-order valence-electron chi connectivity index (χ0n) is 15.6. The first-order valence-corrected chi connectivity index (χ1v) is 8.25. The summed E-state index contributed by atoms with van der Waals surface area (Å²) in [5, 5.41) is 18.7. The number of benzene rings is 1. The van der Waals surface area contributed by atoms with Gasteiger partial charge in [0.25, 0.3) is 5.91 Å². The number of anilines is 2. The van der Waals surface area contributed by atoms with Crippen molar-refractivity contribution in [3.63, 3.8) is 0 Å². The minimum absolute atomic E-state index is 0.00864. The van der Waals surface area contributed by atoms with Gasteiger partial charge in [-0.25, -0.2) is 10.1 Å². The average Bonchev–Trinajstić information content (AvgIpc) is 3.26. The highest BCUT2D eigenvalue weighted by atomic mass is 16.6. The Kier molecular flexibility index (Phi) is 5.44. The summed E-state index contributed by atoms with van der Waals surface area (Å²) in [6.07, 6.45) is 5.05. The van der Waals surface area contributed by atoms with Crippen molar-refractivity contribution in [3.05, 3.63) is 47.3 Å². The SMILES string of the molecule is Cc1nnn(-c2nonc2N)c1C(=O)N/N=C\C=C/c1ccc(N(C)C)cc1. The molecule has 1 amide bonds. The summed E-state index contributed by atoms with van der Waals surface area (Å²) >= 11 is 0. The van der Waals surface area contributed by atoms with E-state index in [1.807, 2.05) is 49.3 Å². The summed E-state index contributed by atoms with van der Waals surface area (Å²) in [4.78, 5) is 14.4. The highest BCUT2D eigenvalue weighted by Gasteiger charge is 2.22. The van der Waals surface area contributed by atoms with Crippen LogP contribution in [0.25, 0.3) is 11.9 Å². The van der Waals surface area contributed by atoms with E-state index >= 15 is 0 Å². The molecule has 0 radical (unpaired) electrons. The van der Waals surface area contributed by atoms with Crippen molar-refractivity contribution in [3.8, 4) is 5.82 Å². The lowest BCUT2D eigenvalue weighted by Crippen LogP contribution is -2.22. The molecule has 1 aromatic carbocycles. The van der Waals surface area contributed by atoms with Crippen molar-refractivity contribution < 1.29 is 9.42 Å². The van der Waals surface area contributed by atoms with E-state index in [4.69, 9.17) is 5.73 Å². The van der Waals surface area contributed by atoms with Crippen LogP contribution >= 0.6 is 0 Å². The summed E-state index contributed by atoms with van der Waals surface area (Å²) in [5.41, 5.74) is 10.7. The summed E-state index contributed by atoms with van der Waals surface area (Å²) in [5.74, 6) is -0.452. The largest absolute Gasteiger partial charge is 0.378 e. The molecule has 0 saturated heterocycles. The topological polar surface area (TPSA) is 140 Å². The number of allylic oxidation sites excluding steroid dienone is 1. The molecule has 2 heterocycles. The normalized spacial score (nSPS) is 11.4. The summed E-state index contributed by atoms with van der Waals surface area (Å²) in [7, 11) is 3.97. The molecule has 3 N–H and O–H groups in total. The van der Waals surface area contributed by atoms with E-state index in [2.05, 4.69) is 35.8 Å². The Morgan fingerprint density at radius 3 is 2.68 bits per heavy atom. The smallest absolute Gasteiger partial charge is 0.292 e. The second-order valence-corrected chi connectivity index (χ2v) is 5.97. The number of carbonyl (C=O) groups excluding carboxylic acids is 1. The fourth-order valence-electron chi connectivity index (χ4n) is 2.33. The van der Waals surface area contributed by atoms with Gasteiger partial charge in [-0.2, -0.15) is 9.78 Å². The number of nitrogens with two attached hydrogens (primary N) is 1. The molecule has 3 rings (SSSR count). The van der Waals surface area contributed by atoms with Crippen molar-refractivity contribution in [2.45, 2.75) is 6.92 Å². The van der Waals surface area contributed by atoms with Crippen LogP contribution in [0, 0.1) is 6.92 Å². The van der Waals surface area contributed by atoms with Gasteiger partial charge in [0, 0.05) is 26.0 Å². The van der Waals surface area contributed by atoms with Crippen LogP contribution < -0.4 is 16.1 Å². The van der Waals surface area contributed by atoms with Crippen LogP contribution in [-0.4, -0.2) is 51.5 Å². The quantitative estimate of drug-likeness (QED) is 0.476. The number of nitrogens with one attached hydrogen (secondary N) is 1. The van der Waals surface area contributed by atoms with Gasteiger partial charge in [-0.3, -0.25) is 4.79 Å². The summed E-state index contributed by atoms with van der Waals surface area (Å²) in [6, 6.07) is 8.00. The number of rotatable bonds is 6. The molecule has 0 unspecified atom stereocenters. The molecule has 0 atom stereocenters. The molecule has 11 heteroatoms. The molecule has 2 aromatic heterocycles.